The number of nitrogens with one attached hydrogen (secondary N) is 1. The molecule has 6 heteroatoms. The quantitative estimate of drug-likeness (QED) is 0.429. The van der Waals surface area contributed by atoms with Crippen LogP contribution in [0.3, 0.4) is 0 Å². The van der Waals surface area contributed by atoms with Gasteiger partial charge in [-0.2, -0.15) is 0 Å². The number of anilines is 1. The van der Waals surface area contributed by atoms with Gasteiger partial charge in [-0.3, -0.25) is 14.5 Å². The van der Waals surface area contributed by atoms with E-state index in [0.717, 1.165) is 40.7 Å². The van der Waals surface area contributed by atoms with Gasteiger partial charge in [-0.15, -0.1) is 0 Å². The number of benzene rings is 3. The number of hydrogen-bond donors (Lipinski definition) is 1. The van der Waals surface area contributed by atoms with Crippen molar-refractivity contribution in [1.29, 1.82) is 0 Å². The molecule has 3 heterocycles. The second kappa shape index (κ2) is 7.79. The molecule has 1 spiro atoms. The zero-order chi connectivity index (χ0) is 22.7. The van der Waals surface area contributed by atoms with E-state index in [-0.39, 0.29) is 23.7 Å². The van der Waals surface area contributed by atoms with E-state index in [9.17, 15) is 9.59 Å². The van der Waals surface area contributed by atoms with E-state index in [0.29, 0.717) is 10.6 Å². The van der Waals surface area contributed by atoms with E-state index in [2.05, 4.69) is 26.1 Å². The second-order valence-corrected chi connectivity index (χ2v) is 10.4. The number of halogens is 2. The van der Waals surface area contributed by atoms with E-state index in [4.69, 9.17) is 11.6 Å². The predicted octanol–water partition coefficient (Wildman–Crippen LogP) is 6.01. The van der Waals surface area contributed by atoms with Gasteiger partial charge in [-0.1, -0.05) is 76.1 Å². The first-order valence-corrected chi connectivity index (χ1v) is 12.4. The highest BCUT2D eigenvalue weighted by Crippen LogP contribution is 2.61. The Kier molecular flexibility index (Phi) is 4.98. The Bertz CT molecular complexity index is 1290. The molecule has 4 unspecified atom stereocenters. The highest BCUT2D eigenvalue weighted by Gasteiger charge is 2.69. The molecule has 4 nitrogen and oxygen atoms in total. The zero-order valence-corrected chi connectivity index (χ0v) is 20.1. The van der Waals surface area contributed by atoms with Gasteiger partial charge in [0.05, 0.1) is 5.92 Å². The summed E-state index contributed by atoms with van der Waals surface area (Å²) in [5.74, 6) is -0.925. The van der Waals surface area contributed by atoms with Gasteiger partial charge in [0.15, 0.2) is 5.78 Å². The fraction of sp³-hybridized carbons (Fsp3) is 0.259. The monoisotopic (exact) mass is 520 g/mol. The molecular weight excluding hydrogens is 500 g/mol. The number of rotatable bonds is 3. The average Bonchev–Trinajstić information content (AvgIpc) is 3.47. The van der Waals surface area contributed by atoms with Crippen LogP contribution in [0, 0.1) is 5.92 Å². The van der Waals surface area contributed by atoms with Crippen molar-refractivity contribution in [2.45, 2.75) is 30.3 Å². The van der Waals surface area contributed by atoms with Gasteiger partial charge in [-0.05, 0) is 49.2 Å². The van der Waals surface area contributed by atoms with Crippen molar-refractivity contribution < 1.29 is 9.59 Å². The molecule has 6 rings (SSSR count). The minimum Gasteiger partial charge on any atom is -0.324 e. The molecule has 1 N–H and O–H groups in total. The minimum atomic E-state index is -1.05. The molecule has 0 aliphatic carbocycles. The van der Waals surface area contributed by atoms with Gasteiger partial charge in [0, 0.05) is 38.3 Å². The molecule has 2 fully saturated rings. The molecule has 3 aromatic carbocycles. The van der Waals surface area contributed by atoms with E-state index < -0.39 is 11.5 Å². The van der Waals surface area contributed by atoms with Crippen molar-refractivity contribution in [1.82, 2.24) is 4.90 Å². The predicted molar refractivity (Wildman–Crippen MR) is 133 cm³/mol. The second-order valence-electron chi connectivity index (χ2n) is 9.07. The van der Waals surface area contributed by atoms with Crippen LogP contribution in [0.25, 0.3) is 0 Å². The van der Waals surface area contributed by atoms with Gasteiger partial charge in [-0.25, -0.2) is 0 Å². The van der Waals surface area contributed by atoms with Crippen LogP contribution in [0.2, 0.25) is 5.02 Å². The number of fused-ring (bicyclic) bond motifs is 4. The fourth-order valence-corrected chi connectivity index (χ4v) is 7.09. The Morgan fingerprint density at radius 3 is 2.67 bits per heavy atom. The topological polar surface area (TPSA) is 49.4 Å². The van der Waals surface area contributed by atoms with E-state index in [1.807, 2.05) is 72.8 Å². The van der Waals surface area contributed by atoms with Crippen molar-refractivity contribution in [2.24, 2.45) is 5.92 Å². The van der Waals surface area contributed by atoms with Crippen LogP contribution < -0.4 is 5.32 Å². The third-order valence-electron chi connectivity index (χ3n) is 7.56. The molecule has 3 aliphatic heterocycles. The molecule has 166 valence electrons. The molecule has 3 aliphatic rings. The normalized spacial score (nSPS) is 28.1. The highest BCUT2D eigenvalue weighted by atomic mass is 79.9. The number of amides is 1. The molecular formula is C27H22BrClN2O2. The summed E-state index contributed by atoms with van der Waals surface area (Å²) in [5, 5.41) is 3.75. The van der Waals surface area contributed by atoms with Crippen LogP contribution >= 0.6 is 27.5 Å². The Hall–Kier alpha value is -2.47. The number of Topliss-reactive ketones (excluding diaryl/α,β-unsaturated/α-hetero) is 1. The number of carbonyl (C=O) groups is 2. The largest absolute Gasteiger partial charge is 0.324 e. The summed E-state index contributed by atoms with van der Waals surface area (Å²) >= 11 is 10.2. The molecule has 2 saturated heterocycles. The van der Waals surface area contributed by atoms with Crippen molar-refractivity contribution in [3.63, 3.8) is 0 Å². The molecule has 0 bridgehead atoms. The van der Waals surface area contributed by atoms with Crippen LogP contribution in [0.5, 0.6) is 0 Å². The number of para-hydroxylation sites is 1. The lowest BCUT2D eigenvalue weighted by Gasteiger charge is -2.37. The SMILES string of the molecule is O=C(c1cccc(Br)c1)C1C(c2ccccc2Cl)C2CCCN2C12C(=O)Nc1ccccc12. The molecule has 3 aromatic rings. The smallest absolute Gasteiger partial charge is 0.250 e. The summed E-state index contributed by atoms with van der Waals surface area (Å²) in [5.41, 5.74) is 2.17. The Labute approximate surface area is 206 Å². The third-order valence-corrected chi connectivity index (χ3v) is 8.40. The van der Waals surface area contributed by atoms with Crippen molar-refractivity contribution >= 4 is 44.9 Å². The molecule has 1 amide bonds. The lowest BCUT2D eigenvalue weighted by molar-refractivity contribution is -0.127. The maximum absolute atomic E-state index is 14.4. The minimum absolute atomic E-state index is 0.0255. The standard InChI is InChI=1S/C27H22BrClN2O2/c28-17-8-5-7-16(15-17)25(32)24-23(18-9-1-3-11-20(18)29)22-13-6-14-31(22)27(24)19-10-2-4-12-21(19)30-26(27)33/h1-5,7-12,15,22-24H,6,13-14H2,(H,30,33). The van der Waals surface area contributed by atoms with Gasteiger partial charge in [0.25, 0.3) is 0 Å². The van der Waals surface area contributed by atoms with Crippen LogP contribution in [0.15, 0.2) is 77.3 Å². The summed E-state index contributed by atoms with van der Waals surface area (Å²) in [6.07, 6.45) is 1.91. The van der Waals surface area contributed by atoms with Crippen LogP contribution in [0.1, 0.15) is 40.2 Å². The van der Waals surface area contributed by atoms with Crippen molar-refractivity contribution in [2.75, 3.05) is 11.9 Å². The van der Waals surface area contributed by atoms with Crippen molar-refractivity contribution in [3.8, 4) is 0 Å². The molecule has 0 aromatic heterocycles. The first-order valence-electron chi connectivity index (χ1n) is 11.3. The first-order chi connectivity index (χ1) is 16.0. The maximum Gasteiger partial charge on any atom is 0.250 e. The summed E-state index contributed by atoms with van der Waals surface area (Å²) in [4.78, 5) is 30.6. The third kappa shape index (κ3) is 2.92. The average molecular weight is 522 g/mol. The first kappa shape index (κ1) is 21.1. The number of ketones is 1. The van der Waals surface area contributed by atoms with Gasteiger partial charge in [0.2, 0.25) is 5.91 Å². The summed E-state index contributed by atoms with van der Waals surface area (Å²) in [7, 11) is 0. The van der Waals surface area contributed by atoms with Crippen LogP contribution in [-0.2, 0) is 10.3 Å². The summed E-state index contributed by atoms with van der Waals surface area (Å²) < 4.78 is 0.839. The number of hydrogen-bond acceptors (Lipinski definition) is 3. The molecule has 4 atom stereocenters. The lowest BCUT2D eigenvalue weighted by atomic mass is 9.69. The Morgan fingerprint density at radius 1 is 1.06 bits per heavy atom. The fourth-order valence-electron chi connectivity index (χ4n) is 6.43. The van der Waals surface area contributed by atoms with Gasteiger partial charge < -0.3 is 5.32 Å². The Morgan fingerprint density at radius 2 is 1.85 bits per heavy atom. The van der Waals surface area contributed by atoms with Crippen LogP contribution in [-0.4, -0.2) is 29.2 Å². The number of carbonyl (C=O) groups excluding carboxylic acids is 2. The Balaban J connectivity index is 1.64. The molecule has 0 saturated carbocycles. The number of nitrogens with zero attached hydrogens (tertiary/aromatic N) is 1. The summed E-state index contributed by atoms with van der Waals surface area (Å²) in [6, 6.07) is 23.1. The van der Waals surface area contributed by atoms with Gasteiger partial charge >= 0.3 is 0 Å². The van der Waals surface area contributed by atoms with Crippen LogP contribution in [0.4, 0.5) is 5.69 Å². The van der Waals surface area contributed by atoms with E-state index >= 15 is 0 Å². The molecule has 0 radical (unpaired) electrons. The zero-order valence-electron chi connectivity index (χ0n) is 17.8. The van der Waals surface area contributed by atoms with E-state index in [1.165, 1.54) is 0 Å². The maximum atomic E-state index is 14.4. The van der Waals surface area contributed by atoms with Crippen molar-refractivity contribution in [3.05, 3.63) is 99.0 Å². The highest BCUT2D eigenvalue weighted by molar-refractivity contribution is 9.10. The van der Waals surface area contributed by atoms with Gasteiger partial charge in [0.1, 0.15) is 5.54 Å². The molecule has 33 heavy (non-hydrogen) atoms. The lowest BCUT2D eigenvalue weighted by Crippen LogP contribution is -2.52. The summed E-state index contributed by atoms with van der Waals surface area (Å²) in [6.45, 7) is 0.773. The van der Waals surface area contributed by atoms with E-state index in [1.54, 1.807) is 0 Å².